The zero-order chi connectivity index (χ0) is 19.9. The van der Waals surface area contributed by atoms with Gasteiger partial charge in [0.15, 0.2) is 15.9 Å². The summed E-state index contributed by atoms with van der Waals surface area (Å²) in [5.74, 6) is -0.193. The number of hydrogen-bond acceptors (Lipinski definition) is 6. The Morgan fingerprint density at radius 1 is 1.22 bits per heavy atom. The highest BCUT2D eigenvalue weighted by atomic mass is 35.5. The van der Waals surface area contributed by atoms with Crippen molar-refractivity contribution in [1.29, 1.82) is 0 Å². The summed E-state index contributed by atoms with van der Waals surface area (Å²) in [7, 11) is -3.07. The second-order valence-electron chi connectivity index (χ2n) is 6.66. The van der Waals surface area contributed by atoms with Gasteiger partial charge in [-0.3, -0.25) is 4.79 Å². The quantitative estimate of drug-likeness (QED) is 0.715. The predicted octanol–water partition coefficient (Wildman–Crippen LogP) is 2.09. The van der Waals surface area contributed by atoms with Crippen LogP contribution in [0.1, 0.15) is 18.1 Å². The number of ether oxygens (including phenoxy) is 1. The summed E-state index contributed by atoms with van der Waals surface area (Å²) in [4.78, 5) is 25.9. The van der Waals surface area contributed by atoms with Gasteiger partial charge in [-0.15, -0.1) is 0 Å². The van der Waals surface area contributed by atoms with Gasteiger partial charge in [-0.25, -0.2) is 13.2 Å². The smallest absolute Gasteiger partial charge is 0.339 e. The van der Waals surface area contributed by atoms with Crippen molar-refractivity contribution >= 4 is 38.3 Å². The fourth-order valence-corrected chi connectivity index (χ4v) is 4.37. The monoisotopic (exact) mass is 413 g/mol. The van der Waals surface area contributed by atoms with Crippen molar-refractivity contribution in [3.05, 3.63) is 38.7 Å². The Balaban J connectivity index is 1.83. The molecule has 27 heavy (non-hydrogen) atoms. The highest BCUT2D eigenvalue weighted by molar-refractivity contribution is 7.91. The summed E-state index contributed by atoms with van der Waals surface area (Å²) < 4.78 is 34.0. The van der Waals surface area contributed by atoms with E-state index < -0.39 is 21.6 Å². The number of carbonyl (C=O) groups excluding carboxylic acids is 1. The third kappa shape index (κ3) is 3.96. The molecule has 0 aliphatic carbocycles. The molecule has 0 N–H and O–H groups in total. The number of benzene rings is 1. The fourth-order valence-electron chi connectivity index (χ4n) is 2.96. The van der Waals surface area contributed by atoms with E-state index >= 15 is 0 Å². The van der Waals surface area contributed by atoms with Crippen LogP contribution in [0.25, 0.3) is 11.0 Å². The van der Waals surface area contributed by atoms with E-state index in [1.54, 1.807) is 19.9 Å². The molecule has 3 rings (SSSR count). The number of carbonyl (C=O) groups is 1. The van der Waals surface area contributed by atoms with Crippen molar-refractivity contribution in [2.75, 3.05) is 24.6 Å². The third-order valence-corrected chi connectivity index (χ3v) is 6.72. The lowest BCUT2D eigenvalue weighted by Crippen LogP contribution is -2.48. The Kier molecular flexibility index (Phi) is 5.22. The number of sulfone groups is 1. The van der Waals surface area contributed by atoms with Gasteiger partial charge in [0.2, 0.25) is 0 Å². The van der Waals surface area contributed by atoms with Crippen LogP contribution in [-0.4, -0.2) is 49.9 Å². The summed E-state index contributed by atoms with van der Waals surface area (Å²) in [5, 5.41) is 0.990. The van der Waals surface area contributed by atoms with E-state index in [1.165, 1.54) is 11.0 Å². The van der Waals surface area contributed by atoms with Gasteiger partial charge in [-0.2, -0.15) is 0 Å². The van der Waals surface area contributed by atoms with Gasteiger partial charge in [0.25, 0.3) is 5.91 Å². The van der Waals surface area contributed by atoms with Crippen molar-refractivity contribution in [2.45, 2.75) is 26.9 Å². The molecular weight excluding hydrogens is 394 g/mol. The largest absolute Gasteiger partial charge is 0.479 e. The number of nitrogens with zero attached hydrogens (tertiary/aromatic N) is 1. The lowest BCUT2D eigenvalue weighted by atomic mass is 10.1. The van der Waals surface area contributed by atoms with Crippen molar-refractivity contribution in [3.8, 4) is 5.75 Å². The van der Waals surface area contributed by atoms with Crippen molar-refractivity contribution in [1.82, 2.24) is 4.90 Å². The van der Waals surface area contributed by atoms with E-state index in [2.05, 4.69) is 0 Å². The molecule has 7 nitrogen and oxygen atoms in total. The number of fused-ring (bicyclic) bond motifs is 1. The van der Waals surface area contributed by atoms with Crippen LogP contribution in [0, 0.1) is 13.8 Å². The molecule has 0 saturated carbocycles. The first kappa shape index (κ1) is 19.7. The van der Waals surface area contributed by atoms with Gasteiger partial charge in [-0.05, 0) is 32.4 Å². The molecule has 1 amide bonds. The molecule has 1 aliphatic rings. The molecule has 1 saturated heterocycles. The maximum absolute atomic E-state index is 12.5. The predicted molar refractivity (Wildman–Crippen MR) is 102 cm³/mol. The maximum Gasteiger partial charge on any atom is 0.339 e. The highest BCUT2D eigenvalue weighted by Gasteiger charge is 2.29. The third-order valence-electron chi connectivity index (χ3n) is 4.82. The van der Waals surface area contributed by atoms with Gasteiger partial charge in [-0.1, -0.05) is 11.6 Å². The molecule has 2 heterocycles. The number of amides is 1. The Bertz CT molecular complexity index is 1060. The second-order valence-corrected chi connectivity index (χ2v) is 9.37. The normalized spacial score (nSPS) is 17.7. The van der Waals surface area contributed by atoms with Crippen LogP contribution in [0.3, 0.4) is 0 Å². The zero-order valence-corrected chi connectivity index (χ0v) is 16.8. The molecule has 1 aliphatic heterocycles. The van der Waals surface area contributed by atoms with Crippen molar-refractivity contribution in [3.63, 3.8) is 0 Å². The van der Waals surface area contributed by atoms with Crippen LogP contribution >= 0.6 is 11.6 Å². The number of rotatable bonds is 3. The van der Waals surface area contributed by atoms with E-state index in [4.69, 9.17) is 20.8 Å². The molecule has 1 atom stereocenters. The molecule has 9 heteroatoms. The second kappa shape index (κ2) is 7.16. The van der Waals surface area contributed by atoms with Gasteiger partial charge >= 0.3 is 5.63 Å². The van der Waals surface area contributed by atoms with Crippen molar-refractivity contribution < 1.29 is 22.4 Å². The standard InChI is InChI=1S/C18H20ClNO6S/c1-10-11(2)18(22)26-15-9-16(14(19)8-13(10)15)25-12(3)17(21)20-4-6-27(23,24)7-5-20/h8-9,12H,4-7H2,1-3H3. The summed E-state index contributed by atoms with van der Waals surface area (Å²) in [5.41, 5.74) is 1.17. The minimum atomic E-state index is -3.07. The Morgan fingerprint density at radius 3 is 2.48 bits per heavy atom. The molecular formula is C18H20ClNO6S. The minimum Gasteiger partial charge on any atom is -0.479 e. The summed E-state index contributed by atoms with van der Waals surface area (Å²) >= 11 is 6.29. The first-order valence-corrected chi connectivity index (χ1v) is 10.7. The van der Waals surface area contributed by atoms with Gasteiger partial charge in [0.05, 0.1) is 16.5 Å². The summed E-state index contributed by atoms with van der Waals surface area (Å²) in [6.45, 7) is 5.35. The molecule has 0 spiro atoms. The molecule has 1 aromatic heterocycles. The average molecular weight is 414 g/mol. The van der Waals surface area contributed by atoms with E-state index in [-0.39, 0.29) is 36.3 Å². The number of aryl methyl sites for hydroxylation is 1. The summed E-state index contributed by atoms with van der Waals surface area (Å²) in [6.07, 6.45) is -0.862. The fraction of sp³-hybridized carbons (Fsp3) is 0.444. The topological polar surface area (TPSA) is 93.9 Å². The minimum absolute atomic E-state index is 0.0496. The van der Waals surface area contributed by atoms with Crippen molar-refractivity contribution in [2.24, 2.45) is 0 Å². The molecule has 1 fully saturated rings. The lowest BCUT2D eigenvalue weighted by molar-refractivity contribution is -0.137. The van der Waals surface area contributed by atoms with Crippen LogP contribution < -0.4 is 10.4 Å². The molecule has 1 aromatic carbocycles. The summed E-state index contributed by atoms with van der Waals surface area (Å²) in [6, 6.07) is 3.14. The number of halogens is 1. The van der Waals surface area contributed by atoms with Crippen LogP contribution in [-0.2, 0) is 14.6 Å². The van der Waals surface area contributed by atoms with Crippen LogP contribution in [0.4, 0.5) is 0 Å². The molecule has 0 radical (unpaired) electrons. The first-order valence-electron chi connectivity index (χ1n) is 8.48. The van der Waals surface area contributed by atoms with E-state index in [1.807, 2.05) is 6.92 Å². The molecule has 2 aromatic rings. The van der Waals surface area contributed by atoms with Crippen LogP contribution in [0.2, 0.25) is 5.02 Å². The van der Waals surface area contributed by atoms with E-state index in [0.717, 1.165) is 5.56 Å². The van der Waals surface area contributed by atoms with Crippen LogP contribution in [0.5, 0.6) is 5.75 Å². The number of hydrogen-bond donors (Lipinski definition) is 0. The van der Waals surface area contributed by atoms with Gasteiger partial charge in [0.1, 0.15) is 11.3 Å². The van der Waals surface area contributed by atoms with Gasteiger partial charge in [0, 0.05) is 30.1 Å². The highest BCUT2D eigenvalue weighted by Crippen LogP contribution is 2.32. The Morgan fingerprint density at radius 2 is 1.85 bits per heavy atom. The Labute approximate surface area is 161 Å². The van der Waals surface area contributed by atoms with Crippen LogP contribution in [0.15, 0.2) is 21.3 Å². The van der Waals surface area contributed by atoms with E-state index in [0.29, 0.717) is 21.6 Å². The first-order chi connectivity index (χ1) is 12.6. The maximum atomic E-state index is 12.5. The van der Waals surface area contributed by atoms with E-state index in [9.17, 15) is 18.0 Å². The molecule has 146 valence electrons. The van der Waals surface area contributed by atoms with Gasteiger partial charge < -0.3 is 14.1 Å². The molecule has 1 unspecified atom stereocenters. The Hall–Kier alpha value is -2.06. The molecule has 0 bridgehead atoms. The lowest BCUT2D eigenvalue weighted by Gasteiger charge is -2.29. The zero-order valence-electron chi connectivity index (χ0n) is 15.2. The average Bonchev–Trinajstić information content (AvgIpc) is 2.61. The SMILES string of the molecule is Cc1c(C)c2cc(Cl)c(OC(C)C(=O)N3CCS(=O)(=O)CC3)cc2oc1=O.